The summed E-state index contributed by atoms with van der Waals surface area (Å²) in [5.74, 6) is 1.62. The second-order valence-electron chi connectivity index (χ2n) is 7.84. The summed E-state index contributed by atoms with van der Waals surface area (Å²) in [6.07, 6.45) is 1.22. The first-order chi connectivity index (χ1) is 15.2. The second-order valence-corrected chi connectivity index (χ2v) is 8.62. The van der Waals surface area contributed by atoms with E-state index in [1.165, 1.54) is 0 Å². The standard InChI is InChI=1S/C25H24N2O3S/c1-29-22-8-7-15(13-23(22)30-2)17-11-20-24(21(28)12-17)25(16-9-10-31-14-16)27-19-6-4-3-5-18(19)26-20/h3-10,13-14,17,25-27H,11-12H2,1-2H3/t17-,25+/m0/s1. The fourth-order valence-corrected chi connectivity index (χ4v) is 5.21. The van der Waals surface area contributed by atoms with E-state index in [-0.39, 0.29) is 17.7 Å². The van der Waals surface area contributed by atoms with Gasteiger partial charge in [-0.05, 0) is 64.6 Å². The van der Waals surface area contributed by atoms with Gasteiger partial charge in [0.05, 0.1) is 31.6 Å². The Hall–Kier alpha value is -3.25. The first kappa shape index (κ1) is 19.7. The Morgan fingerprint density at radius 2 is 1.74 bits per heavy atom. The monoisotopic (exact) mass is 432 g/mol. The number of hydrogen-bond acceptors (Lipinski definition) is 6. The van der Waals surface area contributed by atoms with Crippen molar-refractivity contribution in [1.82, 2.24) is 0 Å². The normalized spacial score (nSPS) is 20.1. The summed E-state index contributed by atoms with van der Waals surface area (Å²) in [6.45, 7) is 0. The summed E-state index contributed by atoms with van der Waals surface area (Å²) in [5.41, 5.74) is 6.03. The number of fused-ring (bicyclic) bond motifs is 1. The van der Waals surface area contributed by atoms with Crippen molar-refractivity contribution in [1.29, 1.82) is 0 Å². The number of carbonyl (C=O) groups is 1. The van der Waals surface area contributed by atoms with Gasteiger partial charge in [-0.15, -0.1) is 0 Å². The van der Waals surface area contributed by atoms with Gasteiger partial charge >= 0.3 is 0 Å². The van der Waals surface area contributed by atoms with Crippen LogP contribution in [0.3, 0.4) is 0 Å². The molecule has 2 aliphatic rings. The molecule has 2 N–H and O–H groups in total. The molecule has 0 unspecified atom stereocenters. The highest BCUT2D eigenvalue weighted by Crippen LogP contribution is 2.45. The van der Waals surface area contributed by atoms with Crippen LogP contribution in [0, 0.1) is 0 Å². The van der Waals surface area contributed by atoms with Crippen molar-refractivity contribution >= 4 is 28.5 Å². The Labute approximate surface area is 185 Å². The third-order valence-electron chi connectivity index (χ3n) is 6.06. The number of ketones is 1. The zero-order valence-corrected chi connectivity index (χ0v) is 18.3. The summed E-state index contributed by atoms with van der Waals surface area (Å²) in [4.78, 5) is 13.5. The van der Waals surface area contributed by atoms with Crippen LogP contribution in [0.4, 0.5) is 11.4 Å². The third kappa shape index (κ3) is 3.57. The predicted molar refractivity (Wildman–Crippen MR) is 124 cm³/mol. The lowest BCUT2D eigenvalue weighted by Gasteiger charge is -2.29. The van der Waals surface area contributed by atoms with E-state index in [9.17, 15) is 4.79 Å². The van der Waals surface area contributed by atoms with Crippen molar-refractivity contribution in [2.45, 2.75) is 24.8 Å². The van der Waals surface area contributed by atoms with Crippen LogP contribution >= 0.6 is 11.3 Å². The fourth-order valence-electron chi connectivity index (χ4n) is 4.52. The van der Waals surface area contributed by atoms with E-state index in [2.05, 4.69) is 33.5 Å². The van der Waals surface area contributed by atoms with Gasteiger partial charge in [-0.1, -0.05) is 18.2 Å². The molecule has 0 fully saturated rings. The number of nitrogens with one attached hydrogen (secondary N) is 2. The van der Waals surface area contributed by atoms with Crippen molar-refractivity contribution in [3.63, 3.8) is 0 Å². The number of hydrogen-bond donors (Lipinski definition) is 2. The lowest BCUT2D eigenvalue weighted by Crippen LogP contribution is -2.26. The highest BCUT2D eigenvalue weighted by Gasteiger charge is 2.36. The van der Waals surface area contributed by atoms with Gasteiger partial charge < -0.3 is 20.1 Å². The number of allylic oxidation sites excluding steroid dienone is 1. The van der Waals surface area contributed by atoms with Crippen LogP contribution in [0.15, 0.2) is 70.6 Å². The van der Waals surface area contributed by atoms with E-state index < -0.39 is 0 Å². The van der Waals surface area contributed by atoms with Crippen molar-refractivity contribution in [3.05, 3.63) is 81.7 Å². The molecule has 2 aromatic carbocycles. The highest BCUT2D eigenvalue weighted by molar-refractivity contribution is 7.08. The minimum absolute atomic E-state index is 0.0759. The van der Waals surface area contributed by atoms with E-state index >= 15 is 0 Å². The van der Waals surface area contributed by atoms with Gasteiger partial charge in [-0.2, -0.15) is 11.3 Å². The Balaban J connectivity index is 1.56. The van der Waals surface area contributed by atoms with Gasteiger partial charge in [0.25, 0.3) is 0 Å². The van der Waals surface area contributed by atoms with Crippen LogP contribution in [-0.2, 0) is 4.79 Å². The number of para-hydroxylation sites is 2. The fraction of sp³-hybridized carbons (Fsp3) is 0.240. The zero-order chi connectivity index (χ0) is 21.4. The zero-order valence-electron chi connectivity index (χ0n) is 17.5. The quantitative estimate of drug-likeness (QED) is 0.550. The Kier molecular flexibility index (Phi) is 5.16. The van der Waals surface area contributed by atoms with Crippen molar-refractivity contribution in [2.24, 2.45) is 0 Å². The van der Waals surface area contributed by atoms with Gasteiger partial charge in [-0.25, -0.2) is 0 Å². The molecule has 2 atom stereocenters. The number of ether oxygens (including phenoxy) is 2. The maximum atomic E-state index is 13.5. The molecule has 0 spiro atoms. The molecule has 0 amide bonds. The van der Waals surface area contributed by atoms with Crippen molar-refractivity contribution < 1.29 is 14.3 Å². The number of rotatable bonds is 4. The average Bonchev–Trinajstić information content (AvgIpc) is 3.27. The van der Waals surface area contributed by atoms with Crippen LogP contribution in [0.2, 0.25) is 0 Å². The predicted octanol–water partition coefficient (Wildman–Crippen LogP) is 5.74. The number of benzene rings is 2. The SMILES string of the molecule is COc1ccc([C@@H]2CC(=O)C3=C(C2)Nc2ccccc2N[C@@H]3c2ccsc2)cc1OC. The Morgan fingerprint density at radius 3 is 2.48 bits per heavy atom. The Bertz CT molecular complexity index is 1150. The van der Waals surface area contributed by atoms with Crippen LogP contribution in [0.1, 0.15) is 35.9 Å². The molecule has 0 saturated heterocycles. The lowest BCUT2D eigenvalue weighted by molar-refractivity contribution is -0.116. The van der Waals surface area contributed by atoms with Crippen LogP contribution in [-0.4, -0.2) is 20.0 Å². The van der Waals surface area contributed by atoms with E-state index in [1.807, 2.05) is 36.4 Å². The van der Waals surface area contributed by atoms with Gasteiger partial charge in [-0.3, -0.25) is 4.79 Å². The molecule has 2 heterocycles. The van der Waals surface area contributed by atoms with E-state index in [0.29, 0.717) is 17.9 Å². The molecule has 5 nitrogen and oxygen atoms in total. The second kappa shape index (κ2) is 8.12. The Morgan fingerprint density at radius 1 is 0.935 bits per heavy atom. The largest absolute Gasteiger partial charge is 0.493 e. The maximum Gasteiger partial charge on any atom is 0.163 e. The number of thiophene rings is 1. The molecule has 6 heteroatoms. The molecule has 5 rings (SSSR count). The van der Waals surface area contributed by atoms with E-state index in [4.69, 9.17) is 9.47 Å². The first-order valence-electron chi connectivity index (χ1n) is 10.3. The van der Waals surface area contributed by atoms with Gasteiger partial charge in [0.15, 0.2) is 17.3 Å². The molecular formula is C25H24N2O3S. The van der Waals surface area contributed by atoms with E-state index in [0.717, 1.165) is 40.2 Å². The maximum absolute atomic E-state index is 13.5. The molecule has 1 aliphatic carbocycles. The summed E-state index contributed by atoms with van der Waals surface area (Å²) in [6, 6.07) is 16.0. The molecule has 158 valence electrons. The molecule has 1 aromatic heterocycles. The minimum atomic E-state index is -0.156. The van der Waals surface area contributed by atoms with Gasteiger partial charge in [0, 0.05) is 17.7 Å². The summed E-state index contributed by atoms with van der Waals surface area (Å²) in [5, 5.41) is 11.4. The molecule has 0 bridgehead atoms. The highest BCUT2D eigenvalue weighted by atomic mass is 32.1. The van der Waals surface area contributed by atoms with Crippen LogP contribution in [0.5, 0.6) is 11.5 Å². The molecule has 0 radical (unpaired) electrons. The summed E-state index contributed by atoms with van der Waals surface area (Å²) >= 11 is 1.65. The minimum Gasteiger partial charge on any atom is -0.493 e. The number of carbonyl (C=O) groups excluding carboxylic acids is 1. The first-order valence-corrected chi connectivity index (χ1v) is 11.2. The molecular weight excluding hydrogens is 408 g/mol. The molecule has 3 aromatic rings. The van der Waals surface area contributed by atoms with Crippen molar-refractivity contribution in [2.75, 3.05) is 24.9 Å². The summed E-state index contributed by atoms with van der Waals surface area (Å²) < 4.78 is 10.9. The average molecular weight is 433 g/mol. The molecule has 0 saturated carbocycles. The smallest absolute Gasteiger partial charge is 0.163 e. The number of anilines is 2. The topological polar surface area (TPSA) is 59.6 Å². The molecule has 31 heavy (non-hydrogen) atoms. The van der Waals surface area contributed by atoms with E-state index in [1.54, 1.807) is 25.6 Å². The van der Waals surface area contributed by atoms with Crippen LogP contribution < -0.4 is 20.1 Å². The third-order valence-corrected chi connectivity index (χ3v) is 6.77. The van der Waals surface area contributed by atoms with Crippen molar-refractivity contribution in [3.8, 4) is 11.5 Å². The van der Waals surface area contributed by atoms with Crippen LogP contribution in [0.25, 0.3) is 0 Å². The number of Topliss-reactive ketones (excluding diaryl/α,β-unsaturated/α-hetero) is 1. The summed E-state index contributed by atoms with van der Waals surface area (Å²) in [7, 11) is 3.26. The van der Waals surface area contributed by atoms with Gasteiger partial charge in [0.2, 0.25) is 0 Å². The number of methoxy groups -OCH3 is 2. The molecule has 1 aliphatic heterocycles. The lowest BCUT2D eigenvalue weighted by atomic mass is 9.79. The van der Waals surface area contributed by atoms with Gasteiger partial charge in [0.1, 0.15) is 0 Å².